The van der Waals surface area contributed by atoms with Crippen LogP contribution < -0.4 is 10.6 Å². The Bertz CT molecular complexity index is 756. The van der Waals surface area contributed by atoms with Crippen LogP contribution in [0.2, 0.25) is 0 Å². The predicted molar refractivity (Wildman–Crippen MR) is 99.1 cm³/mol. The Morgan fingerprint density at radius 2 is 1.72 bits per heavy atom. The molecule has 2 aromatic carbocycles. The van der Waals surface area contributed by atoms with Crippen LogP contribution >= 0.6 is 0 Å². The number of benzene rings is 2. The molecule has 0 radical (unpaired) electrons. The average molecular weight is 340 g/mol. The lowest BCUT2D eigenvalue weighted by Crippen LogP contribution is -2.25. The number of rotatable bonds is 7. The van der Waals surface area contributed by atoms with Gasteiger partial charge in [0.05, 0.1) is 0 Å². The number of methoxy groups -OCH3 is 1. The van der Waals surface area contributed by atoms with Gasteiger partial charge in [0.2, 0.25) is 0 Å². The maximum absolute atomic E-state index is 12.5. The van der Waals surface area contributed by atoms with Crippen molar-refractivity contribution in [3.63, 3.8) is 0 Å². The summed E-state index contributed by atoms with van der Waals surface area (Å²) in [6.07, 6.45) is 0.745. The fraction of sp³-hybridized carbons (Fsp3) is 0.300. The Labute approximate surface area is 148 Å². The number of carbonyl (C=O) groups excluding carboxylic acids is 2. The monoisotopic (exact) mass is 340 g/mol. The second-order valence-electron chi connectivity index (χ2n) is 5.96. The number of aryl methyl sites for hydroxylation is 2. The molecule has 0 fully saturated rings. The minimum Gasteiger partial charge on any atom is -0.385 e. The zero-order valence-corrected chi connectivity index (χ0v) is 14.9. The molecule has 0 aliphatic rings. The van der Waals surface area contributed by atoms with Gasteiger partial charge in [-0.15, -0.1) is 0 Å². The normalized spacial score (nSPS) is 10.4. The quantitative estimate of drug-likeness (QED) is 0.760. The highest BCUT2D eigenvalue weighted by molar-refractivity contribution is 6.06. The largest absolute Gasteiger partial charge is 0.385 e. The number of hydrogen-bond acceptors (Lipinski definition) is 3. The lowest BCUT2D eigenvalue weighted by Gasteiger charge is -2.10. The fourth-order valence-electron chi connectivity index (χ4n) is 2.39. The first kappa shape index (κ1) is 18.7. The molecule has 0 heterocycles. The maximum atomic E-state index is 12.5. The maximum Gasteiger partial charge on any atom is 0.255 e. The highest BCUT2D eigenvalue weighted by Crippen LogP contribution is 2.17. The van der Waals surface area contributed by atoms with Crippen molar-refractivity contribution in [3.8, 4) is 0 Å². The molecule has 0 bridgehead atoms. The Morgan fingerprint density at radius 1 is 1.00 bits per heavy atom. The highest BCUT2D eigenvalue weighted by Gasteiger charge is 2.11. The van der Waals surface area contributed by atoms with Crippen molar-refractivity contribution in [3.05, 3.63) is 64.7 Å². The standard InChI is InChI=1S/C20H24N2O3/c1-14-8-9-15(2)18(12-14)22-20(24)17-7-4-6-16(13-17)19(23)21-10-5-11-25-3/h4,6-9,12-13H,5,10-11H2,1-3H3,(H,21,23)(H,22,24). The summed E-state index contributed by atoms with van der Waals surface area (Å²) in [5.74, 6) is -0.430. The van der Waals surface area contributed by atoms with Crippen LogP contribution in [0.1, 0.15) is 38.3 Å². The summed E-state index contributed by atoms with van der Waals surface area (Å²) in [7, 11) is 1.62. The SMILES string of the molecule is COCCCNC(=O)c1cccc(C(=O)Nc2cc(C)ccc2C)c1. The highest BCUT2D eigenvalue weighted by atomic mass is 16.5. The van der Waals surface area contributed by atoms with Gasteiger partial charge in [-0.1, -0.05) is 18.2 Å². The van der Waals surface area contributed by atoms with Gasteiger partial charge in [-0.2, -0.15) is 0 Å². The molecule has 0 aromatic heterocycles. The van der Waals surface area contributed by atoms with E-state index in [1.54, 1.807) is 31.4 Å². The molecule has 5 heteroatoms. The van der Waals surface area contributed by atoms with Gasteiger partial charge in [-0.25, -0.2) is 0 Å². The zero-order chi connectivity index (χ0) is 18.2. The van der Waals surface area contributed by atoms with Gasteiger partial charge in [0.1, 0.15) is 0 Å². The van der Waals surface area contributed by atoms with E-state index in [1.807, 2.05) is 32.0 Å². The molecular weight excluding hydrogens is 316 g/mol. The van der Waals surface area contributed by atoms with E-state index in [-0.39, 0.29) is 11.8 Å². The van der Waals surface area contributed by atoms with Crippen LogP contribution in [0.25, 0.3) is 0 Å². The van der Waals surface area contributed by atoms with Gasteiger partial charge in [-0.3, -0.25) is 9.59 Å². The number of hydrogen-bond donors (Lipinski definition) is 2. The van der Waals surface area contributed by atoms with Gasteiger partial charge < -0.3 is 15.4 Å². The average Bonchev–Trinajstić information content (AvgIpc) is 2.61. The summed E-state index contributed by atoms with van der Waals surface area (Å²) in [6, 6.07) is 12.6. The second kappa shape index (κ2) is 8.99. The molecule has 5 nitrogen and oxygen atoms in total. The molecule has 2 aromatic rings. The molecule has 0 spiro atoms. The van der Waals surface area contributed by atoms with Crippen molar-refractivity contribution in [2.24, 2.45) is 0 Å². The topological polar surface area (TPSA) is 67.4 Å². The van der Waals surface area contributed by atoms with Gasteiger partial charge >= 0.3 is 0 Å². The summed E-state index contributed by atoms with van der Waals surface area (Å²) >= 11 is 0. The molecule has 0 saturated carbocycles. The van der Waals surface area contributed by atoms with Crippen LogP contribution in [0.5, 0.6) is 0 Å². The van der Waals surface area contributed by atoms with Gasteiger partial charge in [0.15, 0.2) is 0 Å². The van der Waals surface area contributed by atoms with Crippen LogP contribution in [0.4, 0.5) is 5.69 Å². The molecule has 0 unspecified atom stereocenters. The number of carbonyl (C=O) groups is 2. The lowest BCUT2D eigenvalue weighted by atomic mass is 10.1. The number of ether oxygens (including phenoxy) is 1. The van der Waals surface area contributed by atoms with E-state index in [0.717, 1.165) is 23.2 Å². The summed E-state index contributed by atoms with van der Waals surface area (Å²) in [4.78, 5) is 24.6. The van der Waals surface area contributed by atoms with Crippen molar-refractivity contribution in [1.29, 1.82) is 0 Å². The Kier molecular flexibility index (Phi) is 6.71. The Hall–Kier alpha value is -2.66. The first-order valence-corrected chi connectivity index (χ1v) is 8.27. The van der Waals surface area contributed by atoms with Crippen molar-refractivity contribution in [1.82, 2.24) is 5.32 Å². The van der Waals surface area contributed by atoms with Crippen molar-refractivity contribution in [2.45, 2.75) is 20.3 Å². The molecule has 2 amide bonds. The number of nitrogens with one attached hydrogen (secondary N) is 2. The van der Waals surface area contributed by atoms with Crippen molar-refractivity contribution >= 4 is 17.5 Å². The summed E-state index contributed by atoms with van der Waals surface area (Å²) < 4.78 is 4.95. The molecule has 132 valence electrons. The molecule has 0 aliphatic carbocycles. The Balaban J connectivity index is 2.05. The van der Waals surface area contributed by atoms with E-state index < -0.39 is 0 Å². The van der Waals surface area contributed by atoms with E-state index in [9.17, 15) is 9.59 Å². The van der Waals surface area contributed by atoms with Crippen molar-refractivity contribution < 1.29 is 14.3 Å². The van der Waals surface area contributed by atoms with Gasteiger partial charge in [-0.05, 0) is 55.7 Å². The molecule has 25 heavy (non-hydrogen) atoms. The van der Waals surface area contributed by atoms with E-state index in [4.69, 9.17) is 4.74 Å². The van der Waals surface area contributed by atoms with E-state index in [2.05, 4.69) is 10.6 Å². The molecule has 0 aliphatic heterocycles. The predicted octanol–water partition coefficient (Wildman–Crippen LogP) is 3.32. The third-order valence-corrected chi connectivity index (χ3v) is 3.84. The summed E-state index contributed by atoms with van der Waals surface area (Å²) in [5.41, 5.74) is 3.76. The lowest BCUT2D eigenvalue weighted by molar-refractivity contribution is 0.0948. The van der Waals surface area contributed by atoms with E-state index in [1.165, 1.54) is 0 Å². The van der Waals surface area contributed by atoms with Gasteiger partial charge in [0, 0.05) is 37.1 Å². The van der Waals surface area contributed by atoms with Crippen LogP contribution in [0.15, 0.2) is 42.5 Å². The van der Waals surface area contributed by atoms with Crippen LogP contribution in [0, 0.1) is 13.8 Å². The smallest absolute Gasteiger partial charge is 0.255 e. The third kappa shape index (κ3) is 5.43. The van der Waals surface area contributed by atoms with Crippen LogP contribution in [0.3, 0.4) is 0 Å². The van der Waals surface area contributed by atoms with Gasteiger partial charge in [0.25, 0.3) is 11.8 Å². The number of amides is 2. The number of anilines is 1. The molecule has 0 saturated heterocycles. The molecule has 2 N–H and O–H groups in total. The second-order valence-corrected chi connectivity index (χ2v) is 5.96. The Morgan fingerprint density at radius 3 is 2.44 bits per heavy atom. The third-order valence-electron chi connectivity index (χ3n) is 3.84. The minimum absolute atomic E-state index is 0.197. The first-order chi connectivity index (χ1) is 12.0. The molecular formula is C20H24N2O3. The summed E-state index contributed by atoms with van der Waals surface area (Å²) in [5, 5.41) is 5.72. The first-order valence-electron chi connectivity index (χ1n) is 8.27. The van der Waals surface area contributed by atoms with Crippen molar-refractivity contribution in [2.75, 3.05) is 25.6 Å². The van der Waals surface area contributed by atoms with E-state index >= 15 is 0 Å². The molecule has 2 rings (SSSR count). The van der Waals surface area contributed by atoms with E-state index in [0.29, 0.717) is 24.3 Å². The summed E-state index contributed by atoms with van der Waals surface area (Å²) in [6.45, 7) is 5.05. The minimum atomic E-state index is -0.234. The van der Waals surface area contributed by atoms with Crippen LogP contribution in [-0.2, 0) is 4.74 Å². The zero-order valence-electron chi connectivity index (χ0n) is 14.9. The van der Waals surface area contributed by atoms with Crippen LogP contribution in [-0.4, -0.2) is 32.1 Å². The molecule has 0 atom stereocenters. The fourth-order valence-corrected chi connectivity index (χ4v) is 2.39.